The predicted octanol–water partition coefficient (Wildman–Crippen LogP) is 4.18. The van der Waals surface area contributed by atoms with E-state index in [1.54, 1.807) is 44.6 Å². The first-order valence-corrected chi connectivity index (χ1v) is 11.6. The standard InChI is InChI=1S/C23H25ClN2O4S/c1-29-17-13-16(14-18(15-17)30-2)21(27)25-9-7-23(8-10-25)26(11-12-31-23)22(28)19-5-3-4-6-20(19)24/h3-6,13-15H,7-12H2,1-2H3. The monoisotopic (exact) mass is 460 g/mol. The zero-order valence-electron chi connectivity index (χ0n) is 17.6. The Bertz CT molecular complexity index is 969. The van der Waals surface area contributed by atoms with E-state index in [1.165, 1.54) is 0 Å². The van der Waals surface area contributed by atoms with Crippen molar-refractivity contribution >= 4 is 35.2 Å². The SMILES string of the molecule is COc1cc(OC)cc(C(=O)N2CCC3(CC2)SCCN3C(=O)c2ccccc2Cl)c1. The van der Waals surface area contributed by atoms with Crippen molar-refractivity contribution < 1.29 is 19.1 Å². The smallest absolute Gasteiger partial charge is 0.256 e. The van der Waals surface area contributed by atoms with Gasteiger partial charge >= 0.3 is 0 Å². The number of amides is 2. The highest BCUT2D eigenvalue weighted by Crippen LogP contribution is 2.45. The number of halogens is 1. The lowest BCUT2D eigenvalue weighted by Crippen LogP contribution is -2.53. The average molecular weight is 461 g/mol. The quantitative estimate of drug-likeness (QED) is 0.685. The number of nitrogens with zero attached hydrogens (tertiary/aromatic N) is 2. The van der Waals surface area contributed by atoms with E-state index in [-0.39, 0.29) is 16.7 Å². The Balaban J connectivity index is 1.49. The Hall–Kier alpha value is -2.38. The second-order valence-corrected chi connectivity index (χ2v) is 9.49. The number of likely N-dealkylation sites (tertiary alicyclic amines) is 1. The Morgan fingerprint density at radius 2 is 1.61 bits per heavy atom. The fraction of sp³-hybridized carbons (Fsp3) is 0.391. The molecule has 0 bridgehead atoms. The predicted molar refractivity (Wildman–Crippen MR) is 122 cm³/mol. The van der Waals surface area contributed by atoms with Crippen molar-refractivity contribution in [2.45, 2.75) is 17.7 Å². The van der Waals surface area contributed by atoms with E-state index in [0.717, 1.165) is 18.6 Å². The summed E-state index contributed by atoms with van der Waals surface area (Å²) in [5.41, 5.74) is 1.07. The average Bonchev–Trinajstić information content (AvgIpc) is 3.21. The molecule has 2 saturated heterocycles. The van der Waals surface area contributed by atoms with Crippen molar-refractivity contribution in [3.05, 3.63) is 58.6 Å². The fourth-order valence-corrected chi connectivity index (χ4v) is 5.93. The lowest BCUT2D eigenvalue weighted by Gasteiger charge is -2.44. The summed E-state index contributed by atoms with van der Waals surface area (Å²) in [5, 5.41) is 0.471. The molecule has 2 amide bonds. The molecule has 0 saturated carbocycles. The molecule has 0 unspecified atom stereocenters. The number of piperidine rings is 1. The van der Waals surface area contributed by atoms with Crippen LogP contribution in [0.2, 0.25) is 5.02 Å². The summed E-state index contributed by atoms with van der Waals surface area (Å²) < 4.78 is 10.6. The zero-order valence-corrected chi connectivity index (χ0v) is 19.2. The molecule has 2 aromatic rings. The molecule has 31 heavy (non-hydrogen) atoms. The van der Waals surface area contributed by atoms with Crippen LogP contribution in [0.4, 0.5) is 0 Å². The highest BCUT2D eigenvalue weighted by Gasteiger charge is 2.47. The molecule has 0 radical (unpaired) electrons. The van der Waals surface area contributed by atoms with Crippen LogP contribution in [-0.2, 0) is 0 Å². The van der Waals surface area contributed by atoms with Crippen LogP contribution in [0, 0.1) is 0 Å². The molecule has 0 aliphatic carbocycles. The van der Waals surface area contributed by atoms with Gasteiger partial charge in [-0.2, -0.15) is 0 Å². The number of benzene rings is 2. The second kappa shape index (κ2) is 9.01. The molecule has 2 fully saturated rings. The van der Waals surface area contributed by atoms with Gasteiger partial charge in [0, 0.05) is 37.0 Å². The van der Waals surface area contributed by atoms with Crippen LogP contribution >= 0.6 is 23.4 Å². The van der Waals surface area contributed by atoms with Crippen LogP contribution in [0.25, 0.3) is 0 Å². The van der Waals surface area contributed by atoms with Crippen LogP contribution in [-0.4, -0.2) is 66.1 Å². The third kappa shape index (κ3) is 4.21. The molecule has 0 atom stereocenters. The number of hydrogen-bond acceptors (Lipinski definition) is 5. The minimum Gasteiger partial charge on any atom is -0.497 e. The lowest BCUT2D eigenvalue weighted by atomic mass is 10.00. The van der Waals surface area contributed by atoms with Crippen molar-refractivity contribution in [1.82, 2.24) is 9.80 Å². The number of carbonyl (C=O) groups excluding carboxylic acids is 2. The minimum absolute atomic E-state index is 0.0343. The molecule has 164 valence electrons. The van der Waals surface area contributed by atoms with E-state index in [0.29, 0.717) is 47.3 Å². The summed E-state index contributed by atoms with van der Waals surface area (Å²) in [5.74, 6) is 1.96. The maximum Gasteiger partial charge on any atom is 0.256 e. The van der Waals surface area contributed by atoms with Crippen LogP contribution in [0.5, 0.6) is 11.5 Å². The normalized spacial score (nSPS) is 17.6. The Labute approximate surface area is 191 Å². The van der Waals surface area contributed by atoms with Gasteiger partial charge < -0.3 is 19.3 Å². The van der Waals surface area contributed by atoms with Crippen molar-refractivity contribution in [1.29, 1.82) is 0 Å². The largest absolute Gasteiger partial charge is 0.497 e. The topological polar surface area (TPSA) is 59.1 Å². The first-order valence-electron chi connectivity index (χ1n) is 10.2. The first-order chi connectivity index (χ1) is 15.0. The zero-order chi connectivity index (χ0) is 22.0. The maximum absolute atomic E-state index is 13.2. The van der Waals surface area contributed by atoms with Gasteiger partial charge in [-0.05, 0) is 37.1 Å². The summed E-state index contributed by atoms with van der Waals surface area (Å²) in [6, 6.07) is 12.4. The highest BCUT2D eigenvalue weighted by atomic mass is 35.5. The Kier molecular flexibility index (Phi) is 6.34. The molecule has 0 N–H and O–H groups in total. The van der Waals surface area contributed by atoms with E-state index in [1.807, 2.05) is 33.7 Å². The molecule has 2 aliphatic rings. The summed E-state index contributed by atoms with van der Waals surface area (Å²) in [6.07, 6.45) is 1.45. The maximum atomic E-state index is 13.2. The van der Waals surface area contributed by atoms with Crippen LogP contribution < -0.4 is 9.47 Å². The third-order valence-corrected chi connectivity index (χ3v) is 7.84. The molecule has 2 heterocycles. The third-order valence-electron chi connectivity index (χ3n) is 5.96. The summed E-state index contributed by atoms with van der Waals surface area (Å²) in [6.45, 7) is 1.85. The lowest BCUT2D eigenvalue weighted by molar-refractivity contribution is 0.0497. The van der Waals surface area contributed by atoms with Gasteiger partial charge in [0.05, 0.1) is 29.7 Å². The Morgan fingerprint density at radius 3 is 2.23 bits per heavy atom. The first kappa shape index (κ1) is 21.8. The van der Waals surface area contributed by atoms with Gasteiger partial charge in [0.1, 0.15) is 11.5 Å². The van der Waals surface area contributed by atoms with E-state index < -0.39 is 0 Å². The number of carbonyl (C=O) groups is 2. The van der Waals surface area contributed by atoms with Gasteiger partial charge in [-0.1, -0.05) is 23.7 Å². The van der Waals surface area contributed by atoms with Crippen LogP contribution in [0.3, 0.4) is 0 Å². The van der Waals surface area contributed by atoms with Gasteiger partial charge in [0.2, 0.25) is 0 Å². The van der Waals surface area contributed by atoms with E-state index in [4.69, 9.17) is 21.1 Å². The molecule has 0 aromatic heterocycles. The number of rotatable bonds is 4. The molecule has 2 aromatic carbocycles. The molecular formula is C23H25ClN2O4S. The number of hydrogen-bond donors (Lipinski definition) is 0. The van der Waals surface area contributed by atoms with Gasteiger partial charge in [-0.3, -0.25) is 9.59 Å². The van der Waals surface area contributed by atoms with Gasteiger partial charge in [-0.25, -0.2) is 0 Å². The molecule has 6 nitrogen and oxygen atoms in total. The molecular weight excluding hydrogens is 436 g/mol. The molecule has 2 aliphatic heterocycles. The summed E-state index contributed by atoms with van der Waals surface area (Å²) in [7, 11) is 3.13. The van der Waals surface area contributed by atoms with Crippen LogP contribution in [0.15, 0.2) is 42.5 Å². The van der Waals surface area contributed by atoms with Crippen molar-refractivity contribution in [2.24, 2.45) is 0 Å². The fourth-order valence-electron chi connectivity index (χ4n) is 4.26. The second-order valence-electron chi connectivity index (χ2n) is 7.62. The van der Waals surface area contributed by atoms with Crippen LogP contribution in [0.1, 0.15) is 33.6 Å². The van der Waals surface area contributed by atoms with Gasteiger partial charge in [-0.15, -0.1) is 11.8 Å². The van der Waals surface area contributed by atoms with Gasteiger partial charge in [0.25, 0.3) is 11.8 Å². The van der Waals surface area contributed by atoms with Crippen molar-refractivity contribution in [2.75, 3.05) is 39.6 Å². The summed E-state index contributed by atoms with van der Waals surface area (Å²) >= 11 is 8.09. The van der Waals surface area contributed by atoms with Crippen molar-refractivity contribution in [3.8, 4) is 11.5 Å². The number of thioether (sulfide) groups is 1. The van der Waals surface area contributed by atoms with E-state index >= 15 is 0 Å². The number of ether oxygens (including phenoxy) is 2. The highest BCUT2D eigenvalue weighted by molar-refractivity contribution is 8.00. The number of methoxy groups -OCH3 is 2. The minimum atomic E-state index is -0.293. The van der Waals surface area contributed by atoms with E-state index in [2.05, 4.69) is 0 Å². The molecule has 4 rings (SSSR count). The van der Waals surface area contributed by atoms with Gasteiger partial charge in [0.15, 0.2) is 0 Å². The van der Waals surface area contributed by atoms with Crippen molar-refractivity contribution in [3.63, 3.8) is 0 Å². The molecule has 8 heteroatoms. The molecule has 1 spiro atoms. The Morgan fingerprint density at radius 1 is 0.968 bits per heavy atom. The summed E-state index contributed by atoms with van der Waals surface area (Å²) in [4.78, 5) is 29.9. The van der Waals surface area contributed by atoms with E-state index in [9.17, 15) is 9.59 Å².